The summed E-state index contributed by atoms with van der Waals surface area (Å²) in [6.07, 6.45) is 0.966. The summed E-state index contributed by atoms with van der Waals surface area (Å²) >= 11 is 5.85. The van der Waals surface area contributed by atoms with Crippen molar-refractivity contribution in [2.75, 3.05) is 5.32 Å². The predicted octanol–water partition coefficient (Wildman–Crippen LogP) is 4.96. The first-order valence-corrected chi connectivity index (χ1v) is 6.75. The maximum atomic E-state index is 13.3. The quantitative estimate of drug-likeness (QED) is 0.833. The first-order chi connectivity index (χ1) is 9.10. The third-order valence-corrected chi connectivity index (χ3v) is 3.35. The fourth-order valence-electron chi connectivity index (χ4n) is 2.18. The fraction of sp³-hybridized carbons (Fsp3) is 0.250. The van der Waals surface area contributed by atoms with Crippen LogP contribution in [-0.4, -0.2) is 0 Å². The van der Waals surface area contributed by atoms with Crippen LogP contribution >= 0.6 is 11.6 Å². The van der Waals surface area contributed by atoms with Crippen LogP contribution in [0.3, 0.4) is 0 Å². The average molecular weight is 278 g/mol. The Morgan fingerprint density at radius 1 is 1.21 bits per heavy atom. The Kier molecular flexibility index (Phi) is 4.43. The third-order valence-electron chi connectivity index (χ3n) is 3.13. The lowest BCUT2D eigenvalue weighted by Crippen LogP contribution is -2.04. The number of hydrogen-bond acceptors (Lipinski definition) is 1. The molecule has 100 valence electrons. The van der Waals surface area contributed by atoms with Gasteiger partial charge >= 0.3 is 0 Å². The number of hydrogen-bond donors (Lipinski definition) is 1. The van der Waals surface area contributed by atoms with Crippen molar-refractivity contribution in [3.8, 4) is 0 Å². The molecule has 1 nitrogen and oxygen atoms in total. The molecule has 0 unspecified atom stereocenters. The number of rotatable bonds is 4. The molecule has 0 bridgehead atoms. The lowest BCUT2D eigenvalue weighted by Gasteiger charge is -2.14. The number of halogens is 2. The Labute approximate surface area is 118 Å². The molecule has 2 aromatic rings. The van der Waals surface area contributed by atoms with Crippen molar-refractivity contribution >= 4 is 17.3 Å². The third kappa shape index (κ3) is 3.48. The van der Waals surface area contributed by atoms with Gasteiger partial charge in [0.05, 0.1) is 0 Å². The number of nitrogens with one attached hydrogen (secondary N) is 1. The highest BCUT2D eigenvalue weighted by molar-refractivity contribution is 6.30. The second kappa shape index (κ2) is 6.07. The number of aryl methyl sites for hydroxylation is 2. The Hall–Kier alpha value is -1.54. The summed E-state index contributed by atoms with van der Waals surface area (Å²) in [6.45, 7) is 4.76. The molecule has 0 aromatic heterocycles. The van der Waals surface area contributed by atoms with Crippen LogP contribution in [-0.2, 0) is 13.0 Å². The van der Waals surface area contributed by atoms with Gasteiger partial charge in [0.15, 0.2) is 0 Å². The highest BCUT2D eigenvalue weighted by atomic mass is 35.5. The van der Waals surface area contributed by atoms with Crippen LogP contribution in [0.25, 0.3) is 0 Å². The molecule has 0 saturated carbocycles. The maximum Gasteiger partial charge on any atom is 0.125 e. The molecule has 2 rings (SSSR count). The number of anilines is 1. The predicted molar refractivity (Wildman–Crippen MR) is 79.3 cm³/mol. The first kappa shape index (κ1) is 13.9. The molecule has 0 aliphatic heterocycles. The zero-order chi connectivity index (χ0) is 13.8. The van der Waals surface area contributed by atoms with Crippen molar-refractivity contribution in [2.45, 2.75) is 26.8 Å². The molecular formula is C16H17ClFN. The van der Waals surface area contributed by atoms with Gasteiger partial charge in [-0.25, -0.2) is 4.39 Å². The molecule has 1 N–H and O–H groups in total. The molecule has 0 saturated heterocycles. The SMILES string of the molecule is CCc1cccc(C)c1NCc1cc(F)cc(Cl)c1. The van der Waals surface area contributed by atoms with Gasteiger partial charge < -0.3 is 5.32 Å². The number of para-hydroxylation sites is 1. The van der Waals surface area contributed by atoms with Crippen LogP contribution in [0, 0.1) is 12.7 Å². The van der Waals surface area contributed by atoms with Crippen LogP contribution in [0.1, 0.15) is 23.6 Å². The Balaban J connectivity index is 2.18. The van der Waals surface area contributed by atoms with E-state index in [1.165, 1.54) is 23.3 Å². The Morgan fingerprint density at radius 3 is 2.68 bits per heavy atom. The zero-order valence-electron chi connectivity index (χ0n) is 11.1. The van der Waals surface area contributed by atoms with Gasteiger partial charge in [-0.15, -0.1) is 0 Å². The second-order valence-electron chi connectivity index (χ2n) is 4.59. The molecule has 0 fully saturated rings. The van der Waals surface area contributed by atoms with Gasteiger partial charge in [-0.1, -0.05) is 36.7 Å². The van der Waals surface area contributed by atoms with E-state index in [-0.39, 0.29) is 5.82 Å². The molecule has 0 aliphatic carbocycles. The van der Waals surface area contributed by atoms with Crippen molar-refractivity contribution in [3.63, 3.8) is 0 Å². The van der Waals surface area contributed by atoms with Crippen molar-refractivity contribution in [1.29, 1.82) is 0 Å². The summed E-state index contributed by atoms with van der Waals surface area (Å²) in [7, 11) is 0. The van der Waals surface area contributed by atoms with Crippen LogP contribution in [0.2, 0.25) is 5.02 Å². The molecule has 3 heteroatoms. The van der Waals surface area contributed by atoms with E-state index in [4.69, 9.17) is 11.6 Å². The molecule has 0 heterocycles. The Morgan fingerprint density at radius 2 is 2.00 bits per heavy atom. The zero-order valence-corrected chi connectivity index (χ0v) is 11.9. The van der Waals surface area contributed by atoms with Crippen molar-refractivity contribution in [3.05, 3.63) is 63.9 Å². The van der Waals surface area contributed by atoms with Crippen molar-refractivity contribution < 1.29 is 4.39 Å². The minimum Gasteiger partial charge on any atom is -0.381 e. The van der Waals surface area contributed by atoms with Crippen LogP contribution in [0.5, 0.6) is 0 Å². The largest absolute Gasteiger partial charge is 0.381 e. The molecule has 0 amide bonds. The highest BCUT2D eigenvalue weighted by Crippen LogP contribution is 2.22. The molecule has 2 aromatic carbocycles. The van der Waals surface area contributed by atoms with Gasteiger partial charge in [-0.3, -0.25) is 0 Å². The van der Waals surface area contributed by atoms with E-state index >= 15 is 0 Å². The summed E-state index contributed by atoms with van der Waals surface area (Å²) in [5, 5.41) is 3.81. The van der Waals surface area contributed by atoms with E-state index in [0.717, 1.165) is 17.7 Å². The fourth-order valence-corrected chi connectivity index (χ4v) is 2.42. The second-order valence-corrected chi connectivity index (χ2v) is 5.03. The maximum absolute atomic E-state index is 13.3. The van der Waals surface area contributed by atoms with Crippen LogP contribution < -0.4 is 5.32 Å². The topological polar surface area (TPSA) is 12.0 Å². The van der Waals surface area contributed by atoms with Crippen molar-refractivity contribution in [1.82, 2.24) is 0 Å². The van der Waals surface area contributed by atoms with E-state index < -0.39 is 0 Å². The molecule has 0 atom stereocenters. The minimum atomic E-state index is -0.301. The van der Waals surface area contributed by atoms with Crippen LogP contribution in [0.4, 0.5) is 10.1 Å². The van der Waals surface area contributed by atoms with Gasteiger partial charge in [0.25, 0.3) is 0 Å². The first-order valence-electron chi connectivity index (χ1n) is 6.37. The molecule has 0 aliphatic rings. The van der Waals surface area contributed by atoms with Crippen molar-refractivity contribution in [2.24, 2.45) is 0 Å². The molecular weight excluding hydrogens is 261 g/mol. The van der Waals surface area contributed by atoms with Gasteiger partial charge in [-0.2, -0.15) is 0 Å². The van der Waals surface area contributed by atoms with Gasteiger partial charge in [0.2, 0.25) is 0 Å². The molecule has 19 heavy (non-hydrogen) atoms. The van der Waals surface area contributed by atoms with Gasteiger partial charge in [0, 0.05) is 17.3 Å². The smallest absolute Gasteiger partial charge is 0.125 e. The van der Waals surface area contributed by atoms with Crippen LogP contribution in [0.15, 0.2) is 36.4 Å². The monoisotopic (exact) mass is 277 g/mol. The van der Waals surface area contributed by atoms with E-state index in [9.17, 15) is 4.39 Å². The molecule has 0 spiro atoms. The average Bonchev–Trinajstić information content (AvgIpc) is 2.36. The normalized spacial score (nSPS) is 10.5. The summed E-state index contributed by atoms with van der Waals surface area (Å²) in [6, 6.07) is 10.8. The van der Waals surface area contributed by atoms with Gasteiger partial charge in [-0.05, 0) is 48.2 Å². The van der Waals surface area contributed by atoms with E-state index in [1.54, 1.807) is 6.07 Å². The van der Waals surface area contributed by atoms with E-state index in [2.05, 4.69) is 37.4 Å². The summed E-state index contributed by atoms with van der Waals surface area (Å²) in [4.78, 5) is 0. The minimum absolute atomic E-state index is 0.301. The van der Waals surface area contributed by atoms with E-state index in [1.807, 2.05) is 0 Å². The summed E-state index contributed by atoms with van der Waals surface area (Å²) in [5.41, 5.74) is 4.44. The standard InChI is InChI=1S/C16H17ClFN/c1-3-13-6-4-5-11(2)16(13)19-10-12-7-14(17)9-15(18)8-12/h4-9,19H,3,10H2,1-2H3. The van der Waals surface area contributed by atoms with Gasteiger partial charge in [0.1, 0.15) is 5.82 Å². The number of benzene rings is 2. The lowest BCUT2D eigenvalue weighted by atomic mass is 10.1. The highest BCUT2D eigenvalue weighted by Gasteiger charge is 2.05. The molecule has 0 radical (unpaired) electrons. The summed E-state index contributed by atoms with van der Waals surface area (Å²) in [5.74, 6) is -0.301. The lowest BCUT2D eigenvalue weighted by molar-refractivity contribution is 0.626. The van der Waals surface area contributed by atoms with E-state index in [0.29, 0.717) is 11.6 Å². The summed E-state index contributed by atoms with van der Waals surface area (Å²) < 4.78 is 13.3. The Bertz CT molecular complexity index is 561.